The van der Waals surface area contributed by atoms with Gasteiger partial charge < -0.3 is 14.5 Å². The first kappa shape index (κ1) is 24.6. The number of carbonyl (C=O) groups excluding carboxylic acids is 1. The Morgan fingerprint density at radius 3 is 2.45 bits per heavy atom. The van der Waals surface area contributed by atoms with Crippen LogP contribution in [-0.4, -0.2) is 36.3 Å². The lowest BCUT2D eigenvalue weighted by molar-refractivity contribution is -0.137. The Balaban J connectivity index is 1.73. The molecule has 0 radical (unpaired) electrons. The van der Waals surface area contributed by atoms with Crippen molar-refractivity contribution in [3.8, 4) is 5.75 Å². The summed E-state index contributed by atoms with van der Waals surface area (Å²) in [7, 11) is 1.59. The number of amides is 1. The summed E-state index contributed by atoms with van der Waals surface area (Å²) in [5, 5.41) is 4.17. The summed E-state index contributed by atoms with van der Waals surface area (Å²) in [6, 6.07) is 12.5. The van der Waals surface area contributed by atoms with Crippen LogP contribution in [0.25, 0.3) is 0 Å². The van der Waals surface area contributed by atoms with Gasteiger partial charge in [0.05, 0.1) is 24.9 Å². The van der Waals surface area contributed by atoms with Gasteiger partial charge in [-0.1, -0.05) is 38.1 Å². The third kappa shape index (κ3) is 6.97. The summed E-state index contributed by atoms with van der Waals surface area (Å²) >= 11 is 0. The molecule has 0 unspecified atom stereocenters. The standard InChI is InChI=1S/C25H29F3N2O3/c1-24(2,3)14-23(31)30(15-17-6-5-7-19(12-17)25(26,27)28)16-21-13-22(29-33-21)18-8-10-20(32-4)11-9-18/h5-12,21H,13-16H2,1-4H3/t21-/m0/s1. The minimum Gasteiger partial charge on any atom is -0.497 e. The smallest absolute Gasteiger partial charge is 0.416 e. The molecule has 1 atom stereocenters. The molecule has 2 aromatic rings. The molecule has 0 spiro atoms. The van der Waals surface area contributed by atoms with E-state index in [1.807, 2.05) is 45.0 Å². The van der Waals surface area contributed by atoms with Crippen molar-refractivity contribution in [3.05, 3.63) is 65.2 Å². The van der Waals surface area contributed by atoms with E-state index in [4.69, 9.17) is 9.57 Å². The summed E-state index contributed by atoms with van der Waals surface area (Å²) in [5.41, 5.74) is 1.07. The Hall–Kier alpha value is -3.03. The zero-order chi connectivity index (χ0) is 24.2. The summed E-state index contributed by atoms with van der Waals surface area (Å²) in [5.74, 6) is 0.594. The fourth-order valence-electron chi connectivity index (χ4n) is 3.61. The Labute approximate surface area is 192 Å². The van der Waals surface area contributed by atoms with Gasteiger partial charge in [0.25, 0.3) is 0 Å². The van der Waals surface area contributed by atoms with Crippen molar-refractivity contribution < 1.29 is 27.5 Å². The molecule has 0 aromatic heterocycles. The van der Waals surface area contributed by atoms with Gasteiger partial charge in [-0.15, -0.1) is 0 Å². The monoisotopic (exact) mass is 462 g/mol. The number of methoxy groups -OCH3 is 1. The van der Waals surface area contributed by atoms with Crippen molar-refractivity contribution in [3.63, 3.8) is 0 Å². The summed E-state index contributed by atoms with van der Waals surface area (Å²) in [6.07, 6.45) is -4.05. The fraction of sp³-hybridized carbons (Fsp3) is 0.440. The van der Waals surface area contributed by atoms with E-state index >= 15 is 0 Å². The first-order valence-electron chi connectivity index (χ1n) is 10.8. The highest BCUT2D eigenvalue weighted by Gasteiger charge is 2.32. The van der Waals surface area contributed by atoms with Gasteiger partial charge in [-0.3, -0.25) is 4.79 Å². The minimum absolute atomic E-state index is 0.0660. The van der Waals surface area contributed by atoms with Crippen LogP contribution in [0.5, 0.6) is 5.75 Å². The highest BCUT2D eigenvalue weighted by molar-refractivity contribution is 6.01. The molecular formula is C25H29F3N2O3. The fourth-order valence-corrected chi connectivity index (χ4v) is 3.61. The Morgan fingerprint density at radius 1 is 1.15 bits per heavy atom. The van der Waals surface area contributed by atoms with Crippen LogP contribution in [-0.2, 0) is 22.4 Å². The number of rotatable bonds is 7. The molecule has 2 aromatic carbocycles. The molecule has 0 fully saturated rings. The number of benzene rings is 2. The molecule has 0 saturated heterocycles. The first-order chi connectivity index (χ1) is 15.4. The highest BCUT2D eigenvalue weighted by Crippen LogP contribution is 2.30. The largest absolute Gasteiger partial charge is 0.497 e. The zero-order valence-electron chi connectivity index (χ0n) is 19.3. The van der Waals surface area contributed by atoms with Crippen LogP contribution < -0.4 is 4.74 Å². The second-order valence-electron chi connectivity index (χ2n) is 9.41. The number of halogens is 3. The number of alkyl halides is 3. The van der Waals surface area contributed by atoms with E-state index in [1.54, 1.807) is 18.1 Å². The molecule has 0 aliphatic carbocycles. The van der Waals surface area contributed by atoms with Crippen molar-refractivity contribution in [2.24, 2.45) is 10.6 Å². The molecule has 33 heavy (non-hydrogen) atoms. The summed E-state index contributed by atoms with van der Waals surface area (Å²) < 4.78 is 44.6. The van der Waals surface area contributed by atoms with E-state index in [-0.39, 0.29) is 36.9 Å². The van der Waals surface area contributed by atoms with Crippen LogP contribution in [0.2, 0.25) is 0 Å². The van der Waals surface area contributed by atoms with Gasteiger partial charge in [0, 0.05) is 19.4 Å². The third-order valence-electron chi connectivity index (χ3n) is 5.24. The molecule has 0 bridgehead atoms. The maximum absolute atomic E-state index is 13.1. The number of oxime groups is 1. The van der Waals surface area contributed by atoms with Gasteiger partial charge in [-0.2, -0.15) is 13.2 Å². The minimum atomic E-state index is -4.44. The molecule has 5 nitrogen and oxygen atoms in total. The molecule has 178 valence electrons. The average Bonchev–Trinajstić information content (AvgIpc) is 3.20. The summed E-state index contributed by atoms with van der Waals surface area (Å²) in [6.45, 7) is 6.14. The van der Waals surface area contributed by atoms with Gasteiger partial charge in [0.2, 0.25) is 5.91 Å². The van der Waals surface area contributed by atoms with Crippen LogP contribution >= 0.6 is 0 Å². The number of ether oxygens (including phenoxy) is 1. The second-order valence-corrected chi connectivity index (χ2v) is 9.41. The van der Waals surface area contributed by atoms with Crippen LogP contribution in [0.3, 0.4) is 0 Å². The lowest BCUT2D eigenvalue weighted by Gasteiger charge is -2.28. The molecule has 0 N–H and O–H groups in total. The molecule has 0 saturated carbocycles. The van der Waals surface area contributed by atoms with E-state index in [1.165, 1.54) is 6.07 Å². The lowest BCUT2D eigenvalue weighted by atomic mass is 9.91. The van der Waals surface area contributed by atoms with Crippen LogP contribution in [0.4, 0.5) is 13.2 Å². The highest BCUT2D eigenvalue weighted by atomic mass is 19.4. The van der Waals surface area contributed by atoms with Crippen molar-refractivity contribution in [2.45, 2.75) is 52.4 Å². The van der Waals surface area contributed by atoms with E-state index in [0.29, 0.717) is 12.0 Å². The van der Waals surface area contributed by atoms with Crippen LogP contribution in [0.15, 0.2) is 53.7 Å². The molecule has 1 heterocycles. The quantitative estimate of drug-likeness (QED) is 0.533. The predicted octanol–water partition coefficient (Wildman–Crippen LogP) is 5.67. The lowest BCUT2D eigenvalue weighted by Crippen LogP contribution is -2.38. The van der Waals surface area contributed by atoms with Gasteiger partial charge in [0.1, 0.15) is 5.75 Å². The molecule has 1 aliphatic heterocycles. The Morgan fingerprint density at radius 2 is 1.85 bits per heavy atom. The van der Waals surface area contributed by atoms with Gasteiger partial charge in [-0.05, 0) is 52.9 Å². The molecule has 1 amide bonds. The van der Waals surface area contributed by atoms with E-state index < -0.39 is 11.7 Å². The maximum Gasteiger partial charge on any atom is 0.416 e. The normalized spacial score (nSPS) is 16.2. The molecule has 1 aliphatic rings. The zero-order valence-corrected chi connectivity index (χ0v) is 19.3. The predicted molar refractivity (Wildman–Crippen MR) is 120 cm³/mol. The van der Waals surface area contributed by atoms with E-state index in [9.17, 15) is 18.0 Å². The first-order valence-corrected chi connectivity index (χ1v) is 10.8. The third-order valence-corrected chi connectivity index (χ3v) is 5.24. The maximum atomic E-state index is 13.1. The molecule has 3 rings (SSSR count). The van der Waals surface area contributed by atoms with E-state index in [0.717, 1.165) is 29.2 Å². The number of hydrogen-bond donors (Lipinski definition) is 0. The SMILES string of the molecule is COc1ccc(C2=NO[C@H](CN(Cc3cccc(C(F)(F)F)c3)C(=O)CC(C)(C)C)C2)cc1. The average molecular weight is 463 g/mol. The van der Waals surface area contributed by atoms with Crippen LogP contribution in [0.1, 0.15) is 50.3 Å². The number of hydrogen-bond acceptors (Lipinski definition) is 4. The number of carbonyl (C=O) groups is 1. The van der Waals surface area contributed by atoms with Crippen molar-refractivity contribution in [2.75, 3.05) is 13.7 Å². The van der Waals surface area contributed by atoms with Crippen molar-refractivity contribution in [1.29, 1.82) is 0 Å². The van der Waals surface area contributed by atoms with Crippen molar-refractivity contribution >= 4 is 11.6 Å². The van der Waals surface area contributed by atoms with Crippen molar-refractivity contribution in [1.82, 2.24) is 4.90 Å². The molecule has 8 heteroatoms. The van der Waals surface area contributed by atoms with Crippen LogP contribution in [0, 0.1) is 5.41 Å². The van der Waals surface area contributed by atoms with Gasteiger partial charge in [-0.25, -0.2) is 0 Å². The Bertz CT molecular complexity index is 995. The van der Waals surface area contributed by atoms with Gasteiger partial charge >= 0.3 is 6.18 Å². The van der Waals surface area contributed by atoms with E-state index in [2.05, 4.69) is 5.16 Å². The second kappa shape index (κ2) is 9.85. The number of nitrogens with zero attached hydrogens (tertiary/aromatic N) is 2. The molecular weight excluding hydrogens is 433 g/mol. The topological polar surface area (TPSA) is 51.1 Å². The Kier molecular flexibility index (Phi) is 7.34. The van der Waals surface area contributed by atoms with Gasteiger partial charge in [0.15, 0.2) is 6.10 Å². The summed E-state index contributed by atoms with van der Waals surface area (Å²) in [4.78, 5) is 20.2.